The lowest BCUT2D eigenvalue weighted by molar-refractivity contribution is 0.0697. The summed E-state index contributed by atoms with van der Waals surface area (Å²) in [5.74, 6) is 0.572. The second kappa shape index (κ2) is 4.62. The van der Waals surface area contributed by atoms with Crippen molar-refractivity contribution >= 4 is 28.3 Å². The monoisotopic (exact) mass is 275 g/mol. The number of rotatable bonds is 4. The Morgan fingerprint density at radius 3 is 2.63 bits per heavy atom. The Balaban J connectivity index is 1.81. The highest BCUT2D eigenvalue weighted by atomic mass is 32.1. The predicted molar refractivity (Wildman–Crippen MR) is 73.3 cm³/mol. The highest BCUT2D eigenvalue weighted by Gasteiger charge is 2.28. The topological polar surface area (TPSA) is 66.3 Å². The van der Waals surface area contributed by atoms with Crippen LogP contribution >= 0.6 is 11.5 Å². The van der Waals surface area contributed by atoms with Gasteiger partial charge in [-0.25, -0.2) is 9.78 Å². The van der Waals surface area contributed by atoms with Crippen LogP contribution in [-0.4, -0.2) is 27.5 Å². The third kappa shape index (κ3) is 2.44. The van der Waals surface area contributed by atoms with Gasteiger partial charge in [-0.1, -0.05) is 0 Å². The van der Waals surface area contributed by atoms with Gasteiger partial charge < -0.3 is 10.0 Å². The molecular formula is C13H13N3O2S. The Bertz CT molecular complexity index is 605. The summed E-state index contributed by atoms with van der Waals surface area (Å²) >= 11 is 1.38. The Morgan fingerprint density at radius 1 is 1.37 bits per heavy atom. The van der Waals surface area contributed by atoms with Gasteiger partial charge in [0.25, 0.3) is 0 Å². The van der Waals surface area contributed by atoms with Crippen molar-refractivity contribution in [3.8, 4) is 0 Å². The molecule has 3 rings (SSSR count). The van der Waals surface area contributed by atoms with Crippen molar-refractivity contribution in [1.82, 2.24) is 9.36 Å². The first-order chi connectivity index (χ1) is 9.15. The molecule has 98 valence electrons. The van der Waals surface area contributed by atoms with Gasteiger partial charge in [0, 0.05) is 30.2 Å². The van der Waals surface area contributed by atoms with Crippen LogP contribution in [-0.2, 0) is 0 Å². The number of carboxylic acid groups (broad SMARTS) is 1. The fourth-order valence-corrected chi connectivity index (χ4v) is 2.54. The number of carboxylic acids is 1. The van der Waals surface area contributed by atoms with E-state index in [-0.39, 0.29) is 5.56 Å². The van der Waals surface area contributed by atoms with Crippen LogP contribution in [0, 0.1) is 0 Å². The minimum absolute atomic E-state index is 0.285. The fourth-order valence-electron chi connectivity index (χ4n) is 1.81. The van der Waals surface area contributed by atoms with Crippen LogP contribution in [0.25, 0.3) is 0 Å². The van der Waals surface area contributed by atoms with Crippen molar-refractivity contribution in [2.24, 2.45) is 0 Å². The predicted octanol–water partition coefficient (Wildman–Crippen LogP) is 2.88. The number of benzene rings is 1. The van der Waals surface area contributed by atoms with Gasteiger partial charge in [0.2, 0.25) is 5.13 Å². The molecule has 0 amide bonds. The molecule has 1 aromatic carbocycles. The molecule has 1 aromatic heterocycles. The maximum atomic E-state index is 10.8. The quantitative estimate of drug-likeness (QED) is 0.929. The first kappa shape index (κ1) is 12.1. The molecule has 1 saturated carbocycles. The van der Waals surface area contributed by atoms with E-state index in [9.17, 15) is 4.79 Å². The molecule has 1 aliphatic carbocycles. The van der Waals surface area contributed by atoms with E-state index >= 15 is 0 Å². The summed E-state index contributed by atoms with van der Waals surface area (Å²) in [5, 5.41) is 9.71. The van der Waals surface area contributed by atoms with E-state index < -0.39 is 5.97 Å². The van der Waals surface area contributed by atoms with Crippen molar-refractivity contribution in [2.75, 3.05) is 11.9 Å². The lowest BCUT2D eigenvalue weighted by Crippen LogP contribution is -2.09. The lowest BCUT2D eigenvalue weighted by Gasteiger charge is -2.15. The SMILES string of the molecule is CN(c1ccc(C(=O)O)cc1)c1nc(C2CC2)ns1. The zero-order chi connectivity index (χ0) is 13.4. The van der Waals surface area contributed by atoms with Gasteiger partial charge in [0.15, 0.2) is 0 Å². The van der Waals surface area contributed by atoms with E-state index in [4.69, 9.17) is 5.11 Å². The van der Waals surface area contributed by atoms with Crippen LogP contribution in [0.1, 0.15) is 34.9 Å². The Morgan fingerprint density at radius 2 is 2.05 bits per heavy atom. The lowest BCUT2D eigenvalue weighted by atomic mass is 10.2. The standard InChI is InChI=1S/C13H13N3O2S/c1-16(10-6-4-9(5-7-10)12(17)18)13-14-11(15-19-13)8-2-3-8/h4-8H,2-3H2,1H3,(H,17,18). The van der Waals surface area contributed by atoms with Gasteiger partial charge in [-0.05, 0) is 37.1 Å². The minimum Gasteiger partial charge on any atom is -0.478 e. The molecule has 0 unspecified atom stereocenters. The van der Waals surface area contributed by atoms with Crippen LogP contribution < -0.4 is 4.90 Å². The average Bonchev–Trinajstić information content (AvgIpc) is 3.16. The van der Waals surface area contributed by atoms with Crippen molar-refractivity contribution < 1.29 is 9.90 Å². The molecule has 0 radical (unpaired) electrons. The maximum Gasteiger partial charge on any atom is 0.335 e. The summed E-state index contributed by atoms with van der Waals surface area (Å²) < 4.78 is 4.37. The number of carbonyl (C=O) groups is 1. The summed E-state index contributed by atoms with van der Waals surface area (Å²) in [5.41, 5.74) is 1.19. The van der Waals surface area contributed by atoms with Gasteiger partial charge in [-0.2, -0.15) is 4.37 Å². The molecule has 0 saturated heterocycles. The highest BCUT2D eigenvalue weighted by molar-refractivity contribution is 7.09. The first-order valence-corrected chi connectivity index (χ1v) is 6.83. The molecule has 6 heteroatoms. The fraction of sp³-hybridized carbons (Fsp3) is 0.308. The van der Waals surface area contributed by atoms with Crippen LogP contribution in [0.2, 0.25) is 0 Å². The number of anilines is 2. The van der Waals surface area contributed by atoms with Crippen LogP contribution in [0.5, 0.6) is 0 Å². The van der Waals surface area contributed by atoms with Gasteiger partial charge in [0.1, 0.15) is 5.82 Å². The number of hydrogen-bond donors (Lipinski definition) is 1. The molecule has 0 bridgehead atoms. The molecule has 1 aliphatic rings. The molecule has 1 fully saturated rings. The smallest absolute Gasteiger partial charge is 0.335 e. The first-order valence-electron chi connectivity index (χ1n) is 6.06. The zero-order valence-electron chi connectivity index (χ0n) is 10.4. The maximum absolute atomic E-state index is 10.8. The van der Waals surface area contributed by atoms with E-state index in [1.54, 1.807) is 24.3 Å². The molecular weight excluding hydrogens is 262 g/mol. The normalized spacial score (nSPS) is 14.4. The largest absolute Gasteiger partial charge is 0.478 e. The summed E-state index contributed by atoms with van der Waals surface area (Å²) in [6, 6.07) is 6.75. The summed E-state index contributed by atoms with van der Waals surface area (Å²) in [6.45, 7) is 0. The number of hydrogen-bond acceptors (Lipinski definition) is 5. The summed E-state index contributed by atoms with van der Waals surface area (Å²) in [7, 11) is 1.91. The van der Waals surface area contributed by atoms with Gasteiger partial charge in [-0.15, -0.1) is 0 Å². The van der Waals surface area contributed by atoms with E-state index in [0.29, 0.717) is 5.92 Å². The van der Waals surface area contributed by atoms with Crippen LogP contribution in [0.4, 0.5) is 10.8 Å². The highest BCUT2D eigenvalue weighted by Crippen LogP contribution is 2.40. The molecule has 0 spiro atoms. The number of nitrogens with zero attached hydrogens (tertiary/aromatic N) is 3. The second-order valence-electron chi connectivity index (χ2n) is 4.62. The van der Waals surface area contributed by atoms with Gasteiger partial charge in [-0.3, -0.25) is 0 Å². The van der Waals surface area contributed by atoms with Crippen molar-refractivity contribution in [3.63, 3.8) is 0 Å². The van der Waals surface area contributed by atoms with Crippen molar-refractivity contribution in [3.05, 3.63) is 35.7 Å². The number of aromatic carboxylic acids is 1. The van der Waals surface area contributed by atoms with Crippen LogP contribution in [0.3, 0.4) is 0 Å². The molecule has 2 aromatic rings. The Labute approximate surface area is 114 Å². The minimum atomic E-state index is -0.916. The van der Waals surface area contributed by atoms with Crippen molar-refractivity contribution in [1.29, 1.82) is 0 Å². The van der Waals surface area contributed by atoms with E-state index in [1.807, 2.05) is 11.9 Å². The van der Waals surface area contributed by atoms with Crippen molar-refractivity contribution in [2.45, 2.75) is 18.8 Å². The molecule has 19 heavy (non-hydrogen) atoms. The third-order valence-corrected chi connectivity index (χ3v) is 3.97. The average molecular weight is 275 g/mol. The third-order valence-electron chi connectivity index (χ3n) is 3.16. The molecule has 5 nitrogen and oxygen atoms in total. The van der Waals surface area contributed by atoms with Crippen LogP contribution in [0.15, 0.2) is 24.3 Å². The van der Waals surface area contributed by atoms with E-state index in [0.717, 1.165) is 16.6 Å². The number of aromatic nitrogens is 2. The Kier molecular flexibility index (Phi) is 2.94. The molecule has 0 atom stereocenters. The Hall–Kier alpha value is -1.95. The second-order valence-corrected chi connectivity index (χ2v) is 5.35. The molecule has 0 aliphatic heterocycles. The summed E-state index contributed by atoms with van der Waals surface area (Å²) in [4.78, 5) is 17.3. The van der Waals surface area contributed by atoms with E-state index in [2.05, 4.69) is 9.36 Å². The van der Waals surface area contributed by atoms with E-state index in [1.165, 1.54) is 24.4 Å². The van der Waals surface area contributed by atoms with Gasteiger partial charge >= 0.3 is 5.97 Å². The zero-order valence-corrected chi connectivity index (χ0v) is 11.2. The molecule has 1 heterocycles. The van der Waals surface area contributed by atoms with Gasteiger partial charge in [0.05, 0.1) is 5.56 Å². The molecule has 1 N–H and O–H groups in total. The summed E-state index contributed by atoms with van der Waals surface area (Å²) in [6.07, 6.45) is 2.38.